The van der Waals surface area contributed by atoms with Gasteiger partial charge in [0.2, 0.25) is 0 Å². The minimum Gasteiger partial charge on any atom is -0.492 e. The lowest BCUT2D eigenvalue weighted by Crippen LogP contribution is -2.12. The van der Waals surface area contributed by atoms with Crippen molar-refractivity contribution in [1.82, 2.24) is 4.98 Å². The molecule has 26 heavy (non-hydrogen) atoms. The number of benzene rings is 2. The molecule has 0 aliphatic heterocycles. The number of ether oxygens (including phenoxy) is 1. The SMILES string of the molecule is O=Cc1ccc(OCCNc2ccnc3cc(C(F)(F)F)ccc23)cc1. The van der Waals surface area contributed by atoms with Crippen molar-refractivity contribution in [2.24, 2.45) is 0 Å². The molecule has 2 aromatic carbocycles. The smallest absolute Gasteiger partial charge is 0.416 e. The van der Waals surface area contributed by atoms with E-state index in [0.29, 0.717) is 35.5 Å². The second-order valence-electron chi connectivity index (χ2n) is 5.55. The Balaban J connectivity index is 1.64. The molecule has 3 aromatic rings. The monoisotopic (exact) mass is 360 g/mol. The van der Waals surface area contributed by atoms with Crippen molar-refractivity contribution >= 4 is 22.9 Å². The summed E-state index contributed by atoms with van der Waals surface area (Å²) in [5, 5.41) is 3.74. The molecule has 0 saturated heterocycles. The zero-order valence-electron chi connectivity index (χ0n) is 13.6. The van der Waals surface area contributed by atoms with Crippen molar-refractivity contribution in [3.8, 4) is 5.75 Å². The zero-order valence-corrected chi connectivity index (χ0v) is 13.6. The van der Waals surface area contributed by atoms with Gasteiger partial charge in [0.15, 0.2) is 0 Å². The molecule has 0 saturated carbocycles. The quantitative estimate of drug-likeness (QED) is 0.517. The minimum atomic E-state index is -4.40. The molecule has 0 atom stereocenters. The molecular formula is C19H15F3N2O2. The van der Waals surface area contributed by atoms with Crippen LogP contribution in [0.1, 0.15) is 15.9 Å². The number of rotatable bonds is 6. The summed E-state index contributed by atoms with van der Waals surface area (Å²) in [6.07, 6.45) is -2.18. The number of hydrogen-bond donors (Lipinski definition) is 1. The number of nitrogens with one attached hydrogen (secondary N) is 1. The first kappa shape index (κ1) is 17.7. The molecule has 134 valence electrons. The van der Waals surface area contributed by atoms with Crippen LogP contribution in [0.3, 0.4) is 0 Å². The summed E-state index contributed by atoms with van der Waals surface area (Å²) in [6.45, 7) is 0.806. The van der Waals surface area contributed by atoms with Gasteiger partial charge in [-0.25, -0.2) is 0 Å². The van der Waals surface area contributed by atoms with E-state index in [9.17, 15) is 18.0 Å². The fraction of sp³-hybridized carbons (Fsp3) is 0.158. The normalized spacial score (nSPS) is 11.3. The molecule has 0 aliphatic carbocycles. The van der Waals surface area contributed by atoms with E-state index in [1.807, 2.05) is 0 Å². The molecule has 3 rings (SSSR count). The highest BCUT2D eigenvalue weighted by Crippen LogP contribution is 2.32. The summed E-state index contributed by atoms with van der Waals surface area (Å²) < 4.78 is 43.9. The fourth-order valence-corrected chi connectivity index (χ4v) is 2.48. The number of carbonyl (C=O) groups is 1. The summed E-state index contributed by atoms with van der Waals surface area (Å²) in [7, 11) is 0. The van der Waals surface area contributed by atoms with E-state index < -0.39 is 11.7 Å². The summed E-state index contributed by atoms with van der Waals surface area (Å²) in [5.41, 5.74) is 0.799. The number of aldehydes is 1. The molecule has 1 aromatic heterocycles. The van der Waals surface area contributed by atoms with E-state index in [1.165, 1.54) is 12.3 Å². The summed E-state index contributed by atoms with van der Waals surface area (Å²) >= 11 is 0. The summed E-state index contributed by atoms with van der Waals surface area (Å²) in [5.74, 6) is 0.631. The molecule has 1 heterocycles. The molecule has 7 heteroatoms. The molecule has 4 nitrogen and oxygen atoms in total. The highest BCUT2D eigenvalue weighted by molar-refractivity contribution is 5.91. The van der Waals surface area contributed by atoms with Gasteiger partial charge in [0.05, 0.1) is 11.1 Å². The van der Waals surface area contributed by atoms with Gasteiger partial charge in [-0.2, -0.15) is 13.2 Å². The Morgan fingerprint density at radius 3 is 2.54 bits per heavy atom. The van der Waals surface area contributed by atoms with Crippen molar-refractivity contribution in [2.75, 3.05) is 18.5 Å². The number of anilines is 1. The average molecular weight is 360 g/mol. The van der Waals surface area contributed by atoms with Crippen LogP contribution in [0.4, 0.5) is 18.9 Å². The molecule has 1 N–H and O–H groups in total. The molecule has 0 fully saturated rings. The number of fused-ring (bicyclic) bond motifs is 1. The van der Waals surface area contributed by atoms with Crippen LogP contribution in [-0.2, 0) is 6.18 Å². The number of hydrogen-bond acceptors (Lipinski definition) is 4. The molecule has 0 aliphatic rings. The predicted octanol–water partition coefficient (Wildman–Crippen LogP) is 4.56. The number of pyridine rings is 1. The van der Waals surface area contributed by atoms with E-state index in [1.54, 1.807) is 30.3 Å². The van der Waals surface area contributed by atoms with Gasteiger partial charge in [-0.15, -0.1) is 0 Å². The van der Waals surface area contributed by atoms with Crippen molar-refractivity contribution in [3.05, 3.63) is 65.9 Å². The Morgan fingerprint density at radius 2 is 1.85 bits per heavy atom. The van der Waals surface area contributed by atoms with Gasteiger partial charge >= 0.3 is 6.18 Å². The van der Waals surface area contributed by atoms with Crippen molar-refractivity contribution in [1.29, 1.82) is 0 Å². The van der Waals surface area contributed by atoms with E-state index in [4.69, 9.17) is 4.74 Å². The van der Waals surface area contributed by atoms with E-state index >= 15 is 0 Å². The van der Waals surface area contributed by atoms with Gasteiger partial charge in [0.1, 0.15) is 18.6 Å². The van der Waals surface area contributed by atoms with Gasteiger partial charge in [0.25, 0.3) is 0 Å². The van der Waals surface area contributed by atoms with E-state index in [2.05, 4.69) is 10.3 Å². The third-order valence-corrected chi connectivity index (χ3v) is 3.77. The first-order valence-electron chi connectivity index (χ1n) is 7.85. The topological polar surface area (TPSA) is 51.2 Å². The second-order valence-corrected chi connectivity index (χ2v) is 5.55. The maximum Gasteiger partial charge on any atom is 0.416 e. The Kier molecular flexibility index (Phi) is 5.06. The van der Waals surface area contributed by atoms with Gasteiger partial charge < -0.3 is 10.1 Å². The minimum absolute atomic E-state index is 0.273. The molecular weight excluding hydrogens is 345 g/mol. The fourth-order valence-electron chi connectivity index (χ4n) is 2.48. The van der Waals surface area contributed by atoms with E-state index in [0.717, 1.165) is 18.4 Å². The van der Waals surface area contributed by atoms with Crippen LogP contribution < -0.4 is 10.1 Å². The number of aromatic nitrogens is 1. The van der Waals surface area contributed by atoms with E-state index in [-0.39, 0.29) is 5.52 Å². The lowest BCUT2D eigenvalue weighted by Gasteiger charge is -2.12. The van der Waals surface area contributed by atoms with Crippen molar-refractivity contribution < 1.29 is 22.7 Å². The van der Waals surface area contributed by atoms with Crippen molar-refractivity contribution in [2.45, 2.75) is 6.18 Å². The van der Waals surface area contributed by atoms with Crippen LogP contribution in [0.25, 0.3) is 10.9 Å². The van der Waals surface area contributed by atoms with Gasteiger partial charge in [-0.1, -0.05) is 6.07 Å². The maximum absolute atomic E-state index is 12.8. The molecule has 0 spiro atoms. The Bertz CT molecular complexity index is 909. The van der Waals surface area contributed by atoms with Gasteiger partial charge in [-0.3, -0.25) is 9.78 Å². The number of carbonyl (C=O) groups excluding carboxylic acids is 1. The van der Waals surface area contributed by atoms with Crippen LogP contribution in [-0.4, -0.2) is 24.4 Å². The van der Waals surface area contributed by atoms with Crippen LogP contribution >= 0.6 is 0 Å². The third-order valence-electron chi connectivity index (χ3n) is 3.77. The Labute approximate surface area is 147 Å². The highest BCUT2D eigenvalue weighted by atomic mass is 19.4. The third kappa shape index (κ3) is 4.11. The van der Waals surface area contributed by atoms with Gasteiger partial charge in [0, 0.05) is 29.4 Å². The zero-order chi connectivity index (χ0) is 18.6. The standard InChI is InChI=1S/C19H15F3N2O2/c20-19(21,22)14-3-6-16-17(7-8-23-18(16)11-14)24-9-10-26-15-4-1-13(12-25)2-5-15/h1-8,11-12H,9-10H2,(H,23,24). The van der Waals surface area contributed by atoms with Gasteiger partial charge in [-0.05, 0) is 42.5 Å². The largest absolute Gasteiger partial charge is 0.492 e. The van der Waals surface area contributed by atoms with Crippen LogP contribution in [0.2, 0.25) is 0 Å². The Morgan fingerprint density at radius 1 is 1.08 bits per heavy atom. The van der Waals surface area contributed by atoms with Crippen molar-refractivity contribution in [3.63, 3.8) is 0 Å². The highest BCUT2D eigenvalue weighted by Gasteiger charge is 2.30. The predicted molar refractivity (Wildman–Crippen MR) is 92.6 cm³/mol. The summed E-state index contributed by atoms with van der Waals surface area (Å²) in [6, 6.07) is 11.9. The second kappa shape index (κ2) is 7.43. The van der Waals surface area contributed by atoms with Crippen LogP contribution in [0.15, 0.2) is 54.7 Å². The lowest BCUT2D eigenvalue weighted by molar-refractivity contribution is -0.137. The Hall–Kier alpha value is -3.09. The van der Waals surface area contributed by atoms with Crippen LogP contribution in [0, 0.1) is 0 Å². The summed E-state index contributed by atoms with van der Waals surface area (Å²) in [4.78, 5) is 14.6. The van der Waals surface area contributed by atoms with Crippen LogP contribution in [0.5, 0.6) is 5.75 Å². The average Bonchev–Trinajstić information content (AvgIpc) is 2.64. The number of halogens is 3. The molecule has 0 bridgehead atoms. The molecule has 0 amide bonds. The molecule has 0 unspecified atom stereocenters. The molecule has 0 radical (unpaired) electrons. The first-order chi connectivity index (χ1) is 12.5. The maximum atomic E-state index is 12.8. The first-order valence-corrected chi connectivity index (χ1v) is 7.85. The lowest BCUT2D eigenvalue weighted by atomic mass is 10.1. The number of nitrogens with zero attached hydrogens (tertiary/aromatic N) is 1. The number of alkyl halides is 3.